The summed E-state index contributed by atoms with van der Waals surface area (Å²) in [5.74, 6) is 0.00542. The first-order valence-corrected chi connectivity index (χ1v) is 14.2. The first kappa shape index (κ1) is 31.0. The van der Waals surface area contributed by atoms with Crippen molar-refractivity contribution in [1.29, 1.82) is 0 Å². The number of methoxy groups -OCH3 is 1. The number of unbranched alkanes of at least 4 members (excludes halogenated alkanes) is 1. The van der Waals surface area contributed by atoms with E-state index in [1.165, 1.54) is 0 Å². The zero-order valence-corrected chi connectivity index (χ0v) is 25.4. The van der Waals surface area contributed by atoms with Gasteiger partial charge in [-0.15, -0.1) is 0 Å². The summed E-state index contributed by atoms with van der Waals surface area (Å²) in [6, 6.07) is 3.01. The number of hydrogen-bond donors (Lipinski definition) is 0. The topological polar surface area (TPSA) is 88.6 Å². The summed E-state index contributed by atoms with van der Waals surface area (Å²) in [5, 5.41) is 0.279. The van der Waals surface area contributed by atoms with E-state index < -0.39 is 11.2 Å². The Morgan fingerprint density at radius 1 is 1.23 bits per heavy atom. The van der Waals surface area contributed by atoms with Gasteiger partial charge < -0.3 is 28.9 Å². The van der Waals surface area contributed by atoms with E-state index in [0.29, 0.717) is 43.2 Å². The molecular formula is C29H44ClN3O6. The van der Waals surface area contributed by atoms with Gasteiger partial charge in [-0.3, -0.25) is 9.59 Å². The number of rotatable bonds is 8. The molecule has 1 saturated heterocycles. The maximum absolute atomic E-state index is 14.0. The van der Waals surface area contributed by atoms with Crippen LogP contribution < -0.4 is 9.64 Å². The summed E-state index contributed by atoms with van der Waals surface area (Å²) in [6.07, 6.45) is 2.68. The van der Waals surface area contributed by atoms with Crippen LogP contribution in [0.4, 0.5) is 10.5 Å². The molecule has 0 N–H and O–H groups in total. The van der Waals surface area contributed by atoms with E-state index in [2.05, 4.69) is 0 Å². The molecule has 0 bridgehead atoms. The fraction of sp³-hybridized carbons (Fsp3) is 0.690. The molecule has 0 aromatic heterocycles. The molecule has 1 aromatic carbocycles. The standard InChI is InChI=1S/C29H44ClN3O6/c1-19(2)33(21-12-11-13-31(18-21)27(36)39-28(3,4)5)25(34)20-16-22(30)24-23(17-20)32(14-9-10-15-37-8)26(35)29(6,7)38-24/h16-17,19,21H,9-15,18H2,1-8H3/t21-/m1/s1. The van der Waals surface area contributed by atoms with Crippen LogP contribution >= 0.6 is 11.6 Å². The van der Waals surface area contributed by atoms with E-state index in [4.69, 9.17) is 25.8 Å². The third kappa shape index (κ3) is 7.37. The van der Waals surface area contributed by atoms with Crippen LogP contribution in [0.3, 0.4) is 0 Å². The summed E-state index contributed by atoms with van der Waals surface area (Å²) < 4.78 is 16.8. The molecule has 0 spiro atoms. The van der Waals surface area contributed by atoms with Gasteiger partial charge >= 0.3 is 6.09 Å². The van der Waals surface area contributed by atoms with E-state index in [-0.39, 0.29) is 35.0 Å². The van der Waals surface area contributed by atoms with Crippen molar-refractivity contribution in [3.63, 3.8) is 0 Å². The van der Waals surface area contributed by atoms with Crippen molar-refractivity contribution in [2.45, 2.75) is 97.4 Å². The van der Waals surface area contributed by atoms with Crippen LogP contribution in [-0.2, 0) is 14.3 Å². The highest BCUT2D eigenvalue weighted by Gasteiger charge is 2.42. The lowest BCUT2D eigenvalue weighted by Gasteiger charge is -2.42. The minimum absolute atomic E-state index is 0.127. The smallest absolute Gasteiger partial charge is 0.410 e. The van der Waals surface area contributed by atoms with Crippen LogP contribution in [0.15, 0.2) is 12.1 Å². The maximum Gasteiger partial charge on any atom is 0.410 e. The third-order valence-electron chi connectivity index (χ3n) is 6.89. The summed E-state index contributed by atoms with van der Waals surface area (Å²) >= 11 is 6.69. The Morgan fingerprint density at radius 2 is 1.92 bits per heavy atom. The number of likely N-dealkylation sites (tertiary alicyclic amines) is 1. The van der Waals surface area contributed by atoms with Crippen LogP contribution in [-0.4, -0.2) is 84.3 Å². The highest BCUT2D eigenvalue weighted by atomic mass is 35.5. The fourth-order valence-corrected chi connectivity index (χ4v) is 5.37. The highest BCUT2D eigenvalue weighted by Crippen LogP contribution is 2.44. The van der Waals surface area contributed by atoms with Crippen molar-refractivity contribution in [3.8, 4) is 5.75 Å². The molecule has 0 unspecified atom stereocenters. The Bertz CT molecular complexity index is 1070. The number of amides is 3. The van der Waals surface area contributed by atoms with Crippen LogP contribution in [0.2, 0.25) is 5.02 Å². The molecule has 1 aromatic rings. The van der Waals surface area contributed by atoms with Crippen molar-refractivity contribution in [1.82, 2.24) is 9.80 Å². The second kappa shape index (κ2) is 12.3. The van der Waals surface area contributed by atoms with Gasteiger partial charge in [0.15, 0.2) is 11.4 Å². The SMILES string of the molecule is COCCCCN1C(=O)C(C)(C)Oc2c(Cl)cc(C(=O)N(C(C)C)[C@@H]3CCCN(C(=O)OC(C)(C)C)C3)cc21. The molecule has 218 valence electrons. The zero-order valence-electron chi connectivity index (χ0n) is 24.6. The molecule has 2 aliphatic rings. The second-order valence-corrected chi connectivity index (χ2v) is 12.5. The van der Waals surface area contributed by atoms with Crippen molar-refractivity contribution >= 4 is 35.2 Å². The molecule has 39 heavy (non-hydrogen) atoms. The van der Waals surface area contributed by atoms with Crippen molar-refractivity contribution in [2.75, 3.05) is 38.3 Å². The molecule has 1 atom stereocenters. The van der Waals surface area contributed by atoms with Gasteiger partial charge in [0.05, 0.1) is 16.8 Å². The van der Waals surface area contributed by atoms with Crippen LogP contribution in [0.5, 0.6) is 5.75 Å². The van der Waals surface area contributed by atoms with Crippen LogP contribution in [0.25, 0.3) is 0 Å². The Hall–Kier alpha value is -2.52. The zero-order chi connectivity index (χ0) is 29.1. The van der Waals surface area contributed by atoms with E-state index in [1.54, 1.807) is 42.9 Å². The number of halogens is 1. The predicted molar refractivity (Wildman–Crippen MR) is 152 cm³/mol. The number of anilines is 1. The molecule has 0 radical (unpaired) electrons. The number of nitrogens with zero attached hydrogens (tertiary/aromatic N) is 3. The van der Waals surface area contributed by atoms with E-state index in [0.717, 1.165) is 25.7 Å². The number of carbonyl (C=O) groups is 3. The molecule has 2 heterocycles. The third-order valence-corrected chi connectivity index (χ3v) is 7.17. The Balaban J connectivity index is 1.91. The van der Waals surface area contributed by atoms with Gasteiger partial charge in [0.25, 0.3) is 11.8 Å². The Kier molecular flexibility index (Phi) is 9.81. The number of piperidine rings is 1. The lowest BCUT2D eigenvalue weighted by atomic mass is 9.99. The summed E-state index contributed by atoms with van der Waals surface area (Å²) in [4.78, 5) is 45.3. The number of hydrogen-bond acceptors (Lipinski definition) is 6. The van der Waals surface area contributed by atoms with Crippen molar-refractivity contribution < 1.29 is 28.6 Å². The normalized spacial score (nSPS) is 19.0. The highest BCUT2D eigenvalue weighted by molar-refractivity contribution is 6.33. The van der Waals surface area contributed by atoms with Gasteiger partial charge in [0.2, 0.25) is 0 Å². The van der Waals surface area contributed by atoms with Gasteiger partial charge in [-0.2, -0.15) is 0 Å². The van der Waals surface area contributed by atoms with Gasteiger partial charge in [0.1, 0.15) is 5.60 Å². The molecule has 1 fully saturated rings. The molecule has 2 aliphatic heterocycles. The molecule has 0 aliphatic carbocycles. The number of benzene rings is 1. The van der Waals surface area contributed by atoms with E-state index in [9.17, 15) is 14.4 Å². The van der Waals surface area contributed by atoms with E-state index >= 15 is 0 Å². The largest absolute Gasteiger partial charge is 0.474 e. The molecule has 9 nitrogen and oxygen atoms in total. The molecule has 3 amide bonds. The van der Waals surface area contributed by atoms with Gasteiger partial charge in [-0.05, 0) is 86.3 Å². The summed E-state index contributed by atoms with van der Waals surface area (Å²) in [5.41, 5.74) is -0.808. The average Bonchev–Trinajstić information content (AvgIpc) is 2.83. The number of fused-ring (bicyclic) bond motifs is 1. The second-order valence-electron chi connectivity index (χ2n) is 12.1. The van der Waals surface area contributed by atoms with Crippen molar-refractivity contribution in [3.05, 3.63) is 22.7 Å². The lowest BCUT2D eigenvalue weighted by molar-refractivity contribution is -0.132. The first-order chi connectivity index (χ1) is 18.2. The average molecular weight is 566 g/mol. The maximum atomic E-state index is 14.0. The molecule has 0 saturated carbocycles. The number of carbonyl (C=O) groups excluding carboxylic acids is 3. The van der Waals surface area contributed by atoms with E-state index in [1.807, 2.05) is 39.5 Å². The molecule has 3 rings (SSSR count). The molecule has 10 heteroatoms. The van der Waals surface area contributed by atoms with Gasteiger partial charge in [0, 0.05) is 45.0 Å². The Morgan fingerprint density at radius 3 is 2.54 bits per heavy atom. The van der Waals surface area contributed by atoms with Gasteiger partial charge in [-0.25, -0.2) is 4.79 Å². The summed E-state index contributed by atoms with van der Waals surface area (Å²) in [7, 11) is 1.65. The quantitative estimate of drug-likeness (QED) is 0.386. The predicted octanol–water partition coefficient (Wildman–Crippen LogP) is 5.52. The minimum atomic E-state index is -1.08. The van der Waals surface area contributed by atoms with Crippen LogP contribution in [0.1, 0.15) is 84.5 Å². The number of ether oxygens (including phenoxy) is 3. The fourth-order valence-electron chi connectivity index (χ4n) is 5.12. The monoisotopic (exact) mass is 565 g/mol. The lowest BCUT2D eigenvalue weighted by Crippen LogP contribution is -2.54. The molecular weight excluding hydrogens is 522 g/mol. The summed E-state index contributed by atoms with van der Waals surface area (Å²) in [6.45, 7) is 14.9. The van der Waals surface area contributed by atoms with Crippen LogP contribution in [0, 0.1) is 0 Å². The first-order valence-electron chi connectivity index (χ1n) is 13.8. The van der Waals surface area contributed by atoms with Gasteiger partial charge in [-0.1, -0.05) is 11.6 Å². The van der Waals surface area contributed by atoms with Crippen molar-refractivity contribution in [2.24, 2.45) is 0 Å². The minimum Gasteiger partial charge on any atom is -0.474 e. The Labute approximate surface area is 237 Å².